The minimum atomic E-state index is -0.651. The summed E-state index contributed by atoms with van der Waals surface area (Å²) in [6, 6.07) is 8.94. The number of allylic oxidation sites excluding steroid dienone is 3. The summed E-state index contributed by atoms with van der Waals surface area (Å²) in [6.45, 7) is 8.71. The van der Waals surface area contributed by atoms with Crippen LogP contribution in [0.25, 0.3) is 0 Å². The van der Waals surface area contributed by atoms with Gasteiger partial charge in [-0.15, -0.1) is 0 Å². The van der Waals surface area contributed by atoms with Crippen molar-refractivity contribution in [3.8, 4) is 0 Å². The molecule has 1 amide bonds. The number of carbonyl (C=O) groups excluding carboxylic acids is 2. The third-order valence-electron chi connectivity index (χ3n) is 4.20. The smallest absolute Gasteiger partial charge is 0.328 e. The SMILES string of the molecule is C=C/C=C(\C=C/C)C(C(=O)O[C@@H](C)c1ccccc1)N1CCNC(=O)C1. The summed E-state index contributed by atoms with van der Waals surface area (Å²) < 4.78 is 5.74. The molecule has 0 radical (unpaired) electrons. The third-order valence-corrected chi connectivity index (χ3v) is 4.20. The molecule has 0 aromatic heterocycles. The molecular weight excluding hydrogens is 328 g/mol. The zero-order valence-corrected chi connectivity index (χ0v) is 15.4. The van der Waals surface area contributed by atoms with E-state index in [1.165, 1.54) is 0 Å². The average molecular weight is 354 g/mol. The van der Waals surface area contributed by atoms with Gasteiger partial charge in [0.2, 0.25) is 5.91 Å². The summed E-state index contributed by atoms with van der Waals surface area (Å²) in [5.74, 6) is -0.467. The van der Waals surface area contributed by atoms with Crippen molar-refractivity contribution in [2.24, 2.45) is 0 Å². The number of benzene rings is 1. The number of nitrogens with one attached hydrogen (secondary N) is 1. The van der Waals surface area contributed by atoms with Crippen LogP contribution in [0.15, 0.2) is 66.8 Å². The van der Waals surface area contributed by atoms with Crippen LogP contribution in [0.4, 0.5) is 0 Å². The van der Waals surface area contributed by atoms with Crippen molar-refractivity contribution in [2.45, 2.75) is 26.0 Å². The molecule has 1 aliphatic heterocycles. The van der Waals surface area contributed by atoms with E-state index < -0.39 is 6.04 Å². The van der Waals surface area contributed by atoms with Crippen LogP contribution in [0.1, 0.15) is 25.5 Å². The van der Waals surface area contributed by atoms with E-state index in [0.717, 1.165) is 11.1 Å². The highest BCUT2D eigenvalue weighted by Gasteiger charge is 2.33. The predicted octanol–water partition coefficient (Wildman–Crippen LogP) is 2.78. The monoisotopic (exact) mass is 354 g/mol. The summed E-state index contributed by atoms with van der Waals surface area (Å²) in [7, 11) is 0. The summed E-state index contributed by atoms with van der Waals surface area (Å²) in [6.07, 6.45) is 6.76. The van der Waals surface area contributed by atoms with Gasteiger partial charge in [0.15, 0.2) is 0 Å². The topological polar surface area (TPSA) is 58.6 Å². The Hall–Kier alpha value is -2.66. The van der Waals surface area contributed by atoms with Crippen molar-refractivity contribution in [1.29, 1.82) is 0 Å². The number of hydrogen-bond acceptors (Lipinski definition) is 4. The zero-order valence-electron chi connectivity index (χ0n) is 15.4. The molecule has 5 nitrogen and oxygen atoms in total. The van der Waals surface area contributed by atoms with E-state index in [0.29, 0.717) is 13.1 Å². The summed E-state index contributed by atoms with van der Waals surface area (Å²) in [5.41, 5.74) is 1.68. The number of carbonyl (C=O) groups is 2. The number of ether oxygens (including phenoxy) is 1. The number of piperazine rings is 1. The van der Waals surface area contributed by atoms with Crippen molar-refractivity contribution in [1.82, 2.24) is 10.2 Å². The Bertz CT molecular complexity index is 694. The molecule has 0 bridgehead atoms. The van der Waals surface area contributed by atoms with Gasteiger partial charge in [-0.1, -0.05) is 61.2 Å². The highest BCUT2D eigenvalue weighted by Crippen LogP contribution is 2.22. The molecule has 1 aromatic rings. The van der Waals surface area contributed by atoms with Crippen LogP contribution in [0, 0.1) is 0 Å². The molecule has 1 unspecified atom stereocenters. The first kappa shape index (κ1) is 19.7. The van der Waals surface area contributed by atoms with Gasteiger partial charge in [0.05, 0.1) is 6.54 Å². The molecule has 1 aliphatic rings. The highest BCUT2D eigenvalue weighted by atomic mass is 16.5. The number of hydrogen-bond donors (Lipinski definition) is 1. The van der Waals surface area contributed by atoms with Gasteiger partial charge in [-0.2, -0.15) is 0 Å². The molecule has 1 saturated heterocycles. The van der Waals surface area contributed by atoms with Crippen molar-refractivity contribution < 1.29 is 14.3 Å². The lowest BCUT2D eigenvalue weighted by Crippen LogP contribution is -2.54. The molecule has 2 rings (SSSR count). The van der Waals surface area contributed by atoms with Crippen LogP contribution in [-0.4, -0.2) is 42.5 Å². The molecule has 138 valence electrons. The van der Waals surface area contributed by atoms with E-state index in [-0.39, 0.29) is 24.5 Å². The molecular formula is C21H26N2O3. The first-order valence-electron chi connectivity index (χ1n) is 8.78. The largest absolute Gasteiger partial charge is 0.456 e. The van der Waals surface area contributed by atoms with E-state index in [1.807, 2.05) is 61.2 Å². The predicted molar refractivity (Wildman–Crippen MR) is 102 cm³/mol. The van der Waals surface area contributed by atoms with E-state index in [9.17, 15) is 9.59 Å². The number of amides is 1. The number of nitrogens with zero attached hydrogens (tertiary/aromatic N) is 1. The second-order valence-electron chi connectivity index (χ2n) is 6.12. The van der Waals surface area contributed by atoms with Gasteiger partial charge in [-0.3, -0.25) is 9.69 Å². The van der Waals surface area contributed by atoms with Crippen molar-refractivity contribution >= 4 is 11.9 Å². The minimum absolute atomic E-state index is 0.0939. The van der Waals surface area contributed by atoms with Crippen molar-refractivity contribution in [3.05, 3.63) is 72.4 Å². The van der Waals surface area contributed by atoms with E-state index >= 15 is 0 Å². The fraction of sp³-hybridized carbons (Fsp3) is 0.333. The van der Waals surface area contributed by atoms with Gasteiger partial charge < -0.3 is 10.1 Å². The Labute approximate surface area is 155 Å². The van der Waals surface area contributed by atoms with Gasteiger partial charge in [0.25, 0.3) is 0 Å². The second-order valence-corrected chi connectivity index (χ2v) is 6.12. The Kier molecular flexibility index (Phi) is 7.36. The maximum atomic E-state index is 13.0. The van der Waals surface area contributed by atoms with Crippen LogP contribution in [0.5, 0.6) is 0 Å². The fourth-order valence-electron chi connectivity index (χ4n) is 2.97. The Morgan fingerprint density at radius 3 is 2.69 bits per heavy atom. The van der Waals surface area contributed by atoms with Crippen LogP contribution in [-0.2, 0) is 14.3 Å². The molecule has 5 heteroatoms. The van der Waals surface area contributed by atoms with Crippen LogP contribution in [0.3, 0.4) is 0 Å². The lowest BCUT2D eigenvalue weighted by atomic mass is 10.0. The summed E-state index contributed by atoms with van der Waals surface area (Å²) >= 11 is 0. The van der Waals surface area contributed by atoms with E-state index in [1.54, 1.807) is 12.2 Å². The molecule has 0 spiro atoms. The zero-order chi connectivity index (χ0) is 18.9. The van der Waals surface area contributed by atoms with E-state index in [2.05, 4.69) is 11.9 Å². The number of esters is 1. The molecule has 1 fully saturated rings. The Balaban J connectivity index is 2.26. The van der Waals surface area contributed by atoms with Gasteiger partial charge in [0.1, 0.15) is 12.1 Å². The average Bonchev–Trinajstić information content (AvgIpc) is 2.63. The summed E-state index contributed by atoms with van der Waals surface area (Å²) in [4.78, 5) is 26.7. The molecule has 26 heavy (non-hydrogen) atoms. The molecule has 1 heterocycles. The van der Waals surface area contributed by atoms with Gasteiger partial charge in [-0.05, 0) is 25.0 Å². The molecule has 2 atom stereocenters. The normalized spacial score (nSPS) is 18.2. The highest BCUT2D eigenvalue weighted by molar-refractivity contribution is 5.84. The maximum absolute atomic E-state index is 13.0. The molecule has 0 saturated carbocycles. The standard InChI is InChI=1S/C21H26N2O3/c1-4-9-18(10-5-2)20(23-14-13-22-19(24)15-23)21(25)26-16(3)17-11-7-6-8-12-17/h4-12,16,20H,1,13-15H2,2-3H3,(H,22,24)/b10-5-,18-9+/t16-,20?/m0/s1. The Morgan fingerprint density at radius 2 is 2.08 bits per heavy atom. The van der Waals surface area contributed by atoms with Crippen molar-refractivity contribution in [3.63, 3.8) is 0 Å². The first-order valence-corrected chi connectivity index (χ1v) is 8.78. The number of rotatable bonds is 7. The fourth-order valence-corrected chi connectivity index (χ4v) is 2.97. The van der Waals surface area contributed by atoms with Gasteiger partial charge >= 0.3 is 5.97 Å². The second kappa shape index (κ2) is 9.73. The molecule has 1 N–H and O–H groups in total. The summed E-state index contributed by atoms with van der Waals surface area (Å²) in [5, 5.41) is 2.78. The van der Waals surface area contributed by atoms with Gasteiger partial charge in [0, 0.05) is 13.1 Å². The van der Waals surface area contributed by atoms with Crippen molar-refractivity contribution in [2.75, 3.05) is 19.6 Å². The lowest BCUT2D eigenvalue weighted by molar-refractivity contribution is -0.154. The van der Waals surface area contributed by atoms with Crippen LogP contribution in [0.2, 0.25) is 0 Å². The molecule has 1 aromatic carbocycles. The Morgan fingerprint density at radius 1 is 1.35 bits per heavy atom. The first-order chi connectivity index (χ1) is 12.6. The van der Waals surface area contributed by atoms with Gasteiger partial charge in [-0.25, -0.2) is 4.79 Å². The molecule has 0 aliphatic carbocycles. The van der Waals surface area contributed by atoms with Crippen LogP contribution < -0.4 is 5.32 Å². The maximum Gasteiger partial charge on any atom is 0.328 e. The van der Waals surface area contributed by atoms with Crippen LogP contribution >= 0.6 is 0 Å². The minimum Gasteiger partial charge on any atom is -0.456 e. The quantitative estimate of drug-likeness (QED) is 0.604. The third kappa shape index (κ3) is 5.17. The van der Waals surface area contributed by atoms with E-state index in [4.69, 9.17) is 4.74 Å². The lowest BCUT2D eigenvalue weighted by Gasteiger charge is -2.34.